The predicted molar refractivity (Wildman–Crippen MR) is 96.8 cm³/mol. The number of carbonyl (C=O) groups is 1. The van der Waals surface area contributed by atoms with Crippen LogP contribution in [0, 0.1) is 12.5 Å². The molecule has 0 unspecified atom stereocenters. The second-order valence-corrected chi connectivity index (χ2v) is 5.65. The molecule has 3 N–H and O–H groups in total. The summed E-state index contributed by atoms with van der Waals surface area (Å²) in [5, 5.41) is 2.38. The van der Waals surface area contributed by atoms with Crippen molar-refractivity contribution in [2.75, 3.05) is 6.61 Å². The monoisotopic (exact) mass is 379 g/mol. The van der Waals surface area contributed by atoms with E-state index < -0.39 is 5.91 Å². The number of hydroxylamine groups is 1. The average Bonchev–Trinajstić information content (AvgIpc) is 2.60. The van der Waals surface area contributed by atoms with Gasteiger partial charge in [0.2, 0.25) is 11.8 Å². The van der Waals surface area contributed by atoms with Crippen molar-refractivity contribution >= 4 is 39.9 Å². The topological polar surface area (TPSA) is 86.5 Å². The quantitative estimate of drug-likeness (QED) is 0.318. The third kappa shape index (κ3) is 5.18. The van der Waals surface area contributed by atoms with Crippen molar-refractivity contribution in [2.45, 2.75) is 12.8 Å². The van der Waals surface area contributed by atoms with Gasteiger partial charge in [0.05, 0.1) is 16.7 Å². The second-order valence-electron chi connectivity index (χ2n) is 4.86. The summed E-state index contributed by atoms with van der Waals surface area (Å²) in [6, 6.07) is 7.34. The number of hydrogen-bond acceptors (Lipinski definition) is 5. The van der Waals surface area contributed by atoms with Gasteiger partial charge in [0.15, 0.2) is 0 Å². The minimum Gasteiger partial charge on any atom is -0.477 e. The highest BCUT2D eigenvalue weighted by atomic mass is 35.5. The molecule has 0 saturated carbocycles. The summed E-state index contributed by atoms with van der Waals surface area (Å²) in [6.45, 7) is 0.239. The number of rotatable bonds is 8. The molecule has 1 amide bonds. The van der Waals surface area contributed by atoms with Gasteiger partial charge in [0, 0.05) is 35.9 Å². The van der Waals surface area contributed by atoms with Crippen molar-refractivity contribution < 1.29 is 14.4 Å². The Balaban J connectivity index is 2.08. The number of halogens is 2. The van der Waals surface area contributed by atoms with Gasteiger partial charge in [-0.3, -0.25) is 4.79 Å². The molecule has 0 saturated heterocycles. The number of hydrogen-bond donors (Lipinski definition) is 2. The Morgan fingerprint density at radius 1 is 1.36 bits per heavy atom. The molecule has 25 heavy (non-hydrogen) atoms. The van der Waals surface area contributed by atoms with E-state index >= 15 is 0 Å². The van der Waals surface area contributed by atoms with E-state index in [1.54, 1.807) is 24.4 Å². The van der Waals surface area contributed by atoms with E-state index in [1.807, 2.05) is 0 Å². The number of amides is 1. The molecule has 2 rings (SSSR count). The summed E-state index contributed by atoms with van der Waals surface area (Å²) >= 11 is 12.2. The van der Waals surface area contributed by atoms with Gasteiger partial charge in [-0.1, -0.05) is 29.6 Å². The first-order chi connectivity index (χ1) is 12.0. The Hall–Kier alpha value is -2.62. The molecule has 6 nitrogen and oxygen atoms in total. The molecule has 0 aliphatic carbocycles. The number of terminal acetylenes is 1. The van der Waals surface area contributed by atoms with Crippen molar-refractivity contribution in [3.8, 4) is 18.3 Å². The fourth-order valence-corrected chi connectivity index (χ4v) is 2.42. The van der Waals surface area contributed by atoms with Crippen molar-refractivity contribution in [1.29, 1.82) is 0 Å². The first-order valence-electron chi connectivity index (χ1n) is 7.23. The van der Waals surface area contributed by atoms with Crippen LogP contribution in [0.25, 0.3) is 10.8 Å². The van der Waals surface area contributed by atoms with Gasteiger partial charge in [-0.15, -0.1) is 0 Å². The van der Waals surface area contributed by atoms with Crippen LogP contribution >= 0.6 is 23.2 Å². The molecular formula is C17H15Cl2N3O3. The highest BCUT2D eigenvalue weighted by Crippen LogP contribution is 2.34. The summed E-state index contributed by atoms with van der Waals surface area (Å²) in [5.74, 6) is 0.359. The molecule has 0 radical (unpaired) electrons. The molecule has 0 bridgehead atoms. The standard InChI is InChI=1S/C17H15Cl2N3O3/c1-2-22-25-11(3-6-15(20)23)8-10-24-17-13-4-5-14(18)16(19)12(13)7-9-21-17/h1,3-5,7,9,22H,6,8,10H2,(H2,20,23)/b11-3-. The van der Waals surface area contributed by atoms with Gasteiger partial charge in [-0.25, -0.2) is 4.98 Å². The Kier molecular flexibility index (Phi) is 6.75. The van der Waals surface area contributed by atoms with Crippen molar-refractivity contribution in [1.82, 2.24) is 10.5 Å². The average molecular weight is 380 g/mol. The van der Waals surface area contributed by atoms with Gasteiger partial charge in [0.25, 0.3) is 0 Å². The molecule has 0 spiro atoms. The van der Waals surface area contributed by atoms with E-state index in [9.17, 15) is 4.79 Å². The summed E-state index contributed by atoms with van der Waals surface area (Å²) in [6.07, 6.45) is 8.56. The highest BCUT2D eigenvalue weighted by molar-refractivity contribution is 6.45. The maximum Gasteiger partial charge on any atom is 0.221 e. The predicted octanol–water partition coefficient (Wildman–Crippen LogP) is 3.18. The van der Waals surface area contributed by atoms with E-state index in [1.165, 1.54) is 6.08 Å². The van der Waals surface area contributed by atoms with Crippen LogP contribution in [0.2, 0.25) is 10.0 Å². The Labute approximate surface area is 154 Å². The molecule has 2 aromatic rings. The van der Waals surface area contributed by atoms with E-state index in [0.717, 1.165) is 10.8 Å². The SMILES string of the molecule is C#CNO/C(=C\CC(N)=O)CCOc1nccc2c(Cl)c(Cl)ccc12. The van der Waals surface area contributed by atoms with Crippen LogP contribution < -0.4 is 16.0 Å². The minimum atomic E-state index is -0.482. The molecule has 1 aromatic carbocycles. The van der Waals surface area contributed by atoms with Crippen LogP contribution in [0.4, 0.5) is 0 Å². The summed E-state index contributed by atoms with van der Waals surface area (Å²) in [5.41, 5.74) is 7.38. The van der Waals surface area contributed by atoms with Crippen LogP contribution in [0.3, 0.4) is 0 Å². The number of fused-ring (bicyclic) bond motifs is 1. The number of pyridine rings is 1. The summed E-state index contributed by atoms with van der Waals surface area (Å²) in [7, 11) is 0. The molecule has 0 atom stereocenters. The largest absolute Gasteiger partial charge is 0.477 e. The van der Waals surface area contributed by atoms with E-state index in [4.69, 9.17) is 44.9 Å². The second kappa shape index (κ2) is 9.02. The minimum absolute atomic E-state index is 0.0300. The zero-order valence-corrected chi connectivity index (χ0v) is 14.6. The molecule has 0 aliphatic heterocycles. The smallest absolute Gasteiger partial charge is 0.221 e. The Morgan fingerprint density at radius 3 is 2.88 bits per heavy atom. The van der Waals surface area contributed by atoms with Crippen molar-refractivity contribution in [3.63, 3.8) is 0 Å². The zero-order chi connectivity index (χ0) is 18.2. The van der Waals surface area contributed by atoms with E-state index in [2.05, 4.69) is 16.5 Å². The maximum atomic E-state index is 10.9. The van der Waals surface area contributed by atoms with Gasteiger partial charge >= 0.3 is 0 Å². The first-order valence-corrected chi connectivity index (χ1v) is 7.98. The number of nitrogens with one attached hydrogen (secondary N) is 1. The van der Waals surface area contributed by atoms with Crippen molar-refractivity contribution in [3.05, 3.63) is 46.3 Å². The number of nitrogens with two attached hydrogens (primary N) is 1. The van der Waals surface area contributed by atoms with Crippen LogP contribution in [0.1, 0.15) is 12.8 Å². The molecule has 0 aliphatic rings. The number of ether oxygens (including phenoxy) is 1. The van der Waals surface area contributed by atoms with Gasteiger partial charge in [-0.2, -0.15) is 5.48 Å². The summed E-state index contributed by atoms with van der Waals surface area (Å²) < 4.78 is 5.70. The van der Waals surface area contributed by atoms with Crippen molar-refractivity contribution in [2.24, 2.45) is 5.73 Å². The maximum absolute atomic E-state index is 10.9. The fraction of sp³-hybridized carbons (Fsp3) is 0.176. The molecule has 1 heterocycles. The molecule has 8 heteroatoms. The van der Waals surface area contributed by atoms with Crippen LogP contribution in [-0.4, -0.2) is 17.5 Å². The number of benzene rings is 1. The molecule has 1 aromatic heterocycles. The summed E-state index contributed by atoms with van der Waals surface area (Å²) in [4.78, 5) is 20.2. The molecule has 0 fully saturated rings. The highest BCUT2D eigenvalue weighted by Gasteiger charge is 2.10. The lowest BCUT2D eigenvalue weighted by Gasteiger charge is -2.11. The number of primary amides is 1. The van der Waals surface area contributed by atoms with Gasteiger partial charge in [-0.05, 0) is 24.3 Å². The fourth-order valence-electron chi connectivity index (χ4n) is 2.03. The number of aromatic nitrogens is 1. The first kappa shape index (κ1) is 18.7. The van der Waals surface area contributed by atoms with Crippen LogP contribution in [-0.2, 0) is 9.63 Å². The van der Waals surface area contributed by atoms with Gasteiger partial charge < -0.3 is 15.3 Å². The third-order valence-corrected chi connectivity index (χ3v) is 3.97. The van der Waals surface area contributed by atoms with Crippen LogP contribution in [0.5, 0.6) is 5.88 Å². The third-order valence-electron chi connectivity index (χ3n) is 3.16. The molecular weight excluding hydrogens is 365 g/mol. The lowest BCUT2D eigenvalue weighted by Crippen LogP contribution is -2.12. The zero-order valence-electron chi connectivity index (χ0n) is 13.1. The Morgan fingerprint density at radius 2 is 2.16 bits per heavy atom. The Bertz CT molecular complexity index is 847. The number of nitrogens with zero attached hydrogens (tertiary/aromatic N) is 1. The lowest BCUT2D eigenvalue weighted by molar-refractivity contribution is -0.117. The van der Waals surface area contributed by atoms with E-state index in [0.29, 0.717) is 28.1 Å². The number of carbonyl (C=O) groups excluding carboxylic acids is 1. The van der Waals surface area contributed by atoms with E-state index in [-0.39, 0.29) is 13.0 Å². The van der Waals surface area contributed by atoms with Gasteiger partial charge in [0.1, 0.15) is 5.76 Å². The lowest BCUT2D eigenvalue weighted by atomic mass is 10.2. The van der Waals surface area contributed by atoms with Crippen LogP contribution in [0.15, 0.2) is 36.2 Å². The normalized spacial score (nSPS) is 11.0. The molecule has 130 valence electrons.